The number of piperidine rings is 1. The summed E-state index contributed by atoms with van der Waals surface area (Å²) in [7, 11) is 1.36. The van der Waals surface area contributed by atoms with E-state index in [9.17, 15) is 15.2 Å². The molecule has 1 aliphatic heterocycles. The van der Waals surface area contributed by atoms with Crippen LogP contribution in [0.25, 0.3) is 0 Å². The zero-order valence-corrected chi connectivity index (χ0v) is 12.7. The second-order valence-electron chi connectivity index (χ2n) is 6.18. The molecule has 1 heterocycles. The number of nitro benzene ring substituents is 1. The Labute approximate surface area is 124 Å². The van der Waals surface area contributed by atoms with Gasteiger partial charge in [0.2, 0.25) is 0 Å². The van der Waals surface area contributed by atoms with Crippen LogP contribution in [0.5, 0.6) is 11.5 Å². The molecule has 0 aromatic heterocycles. The molecule has 21 heavy (non-hydrogen) atoms. The van der Waals surface area contributed by atoms with Crippen molar-refractivity contribution in [3.63, 3.8) is 0 Å². The van der Waals surface area contributed by atoms with Crippen LogP contribution in [0.2, 0.25) is 0 Å². The molecule has 1 aromatic rings. The van der Waals surface area contributed by atoms with Crippen molar-refractivity contribution in [2.24, 2.45) is 11.8 Å². The van der Waals surface area contributed by atoms with Gasteiger partial charge in [0.05, 0.1) is 25.1 Å². The molecular formula is C15H22N2O4. The van der Waals surface area contributed by atoms with E-state index < -0.39 is 16.4 Å². The molecule has 6 heteroatoms. The first-order valence-electron chi connectivity index (χ1n) is 7.26. The molecule has 1 saturated heterocycles. The van der Waals surface area contributed by atoms with E-state index in [2.05, 4.69) is 13.8 Å². The van der Waals surface area contributed by atoms with Crippen LogP contribution in [0, 0.1) is 22.0 Å². The van der Waals surface area contributed by atoms with Gasteiger partial charge in [0, 0.05) is 29.2 Å². The lowest BCUT2D eigenvalue weighted by Crippen LogP contribution is -3.13. The van der Waals surface area contributed by atoms with E-state index in [1.165, 1.54) is 24.5 Å². The Morgan fingerprint density at radius 2 is 1.95 bits per heavy atom. The lowest BCUT2D eigenvalue weighted by atomic mass is 9.91. The van der Waals surface area contributed by atoms with E-state index in [1.54, 1.807) is 6.07 Å². The zero-order chi connectivity index (χ0) is 15.6. The largest absolute Gasteiger partial charge is 0.865 e. The van der Waals surface area contributed by atoms with Crippen LogP contribution in [0.3, 0.4) is 0 Å². The van der Waals surface area contributed by atoms with Crippen LogP contribution in [0.15, 0.2) is 12.1 Å². The summed E-state index contributed by atoms with van der Waals surface area (Å²) in [6.45, 7) is 7.27. The highest BCUT2D eigenvalue weighted by Gasteiger charge is 2.26. The minimum atomic E-state index is -0.651. The number of nitrogens with zero attached hydrogens (tertiary/aromatic N) is 1. The van der Waals surface area contributed by atoms with Gasteiger partial charge in [0.15, 0.2) is 0 Å². The molecule has 0 spiro atoms. The highest BCUT2D eigenvalue weighted by atomic mass is 16.6. The number of nitro groups is 1. The summed E-state index contributed by atoms with van der Waals surface area (Å²) in [5, 5.41) is 22.8. The van der Waals surface area contributed by atoms with Crippen molar-refractivity contribution in [3.05, 3.63) is 27.8 Å². The summed E-state index contributed by atoms with van der Waals surface area (Å²) in [6.07, 6.45) is 1.23. The molecule has 2 atom stereocenters. The number of rotatable bonds is 4. The molecule has 1 aromatic carbocycles. The Bertz CT molecular complexity index is 523. The number of hydrogen-bond acceptors (Lipinski definition) is 4. The van der Waals surface area contributed by atoms with Crippen molar-refractivity contribution in [1.29, 1.82) is 0 Å². The lowest BCUT2D eigenvalue weighted by molar-refractivity contribution is -0.925. The molecule has 0 bridgehead atoms. The molecule has 1 N–H and O–H groups in total. The van der Waals surface area contributed by atoms with Crippen molar-refractivity contribution in [2.45, 2.75) is 26.8 Å². The van der Waals surface area contributed by atoms with Gasteiger partial charge in [-0.15, -0.1) is 0 Å². The quantitative estimate of drug-likeness (QED) is 0.656. The molecular weight excluding hydrogens is 272 g/mol. The average molecular weight is 294 g/mol. The fourth-order valence-electron chi connectivity index (χ4n) is 3.39. The molecule has 1 aliphatic rings. The Morgan fingerprint density at radius 3 is 2.48 bits per heavy atom. The van der Waals surface area contributed by atoms with E-state index in [0.29, 0.717) is 18.4 Å². The maximum Gasteiger partial charge on any atom is 0.265 e. The Kier molecular flexibility index (Phi) is 4.67. The molecule has 0 unspecified atom stereocenters. The average Bonchev–Trinajstić information content (AvgIpc) is 2.39. The lowest BCUT2D eigenvalue weighted by Gasteiger charge is -2.32. The normalized spacial score (nSPS) is 25.6. The first kappa shape index (κ1) is 15.6. The maximum atomic E-state index is 11.8. The minimum absolute atomic E-state index is 0.0525. The third kappa shape index (κ3) is 3.64. The number of nitrogens with one attached hydrogen (secondary N) is 1. The van der Waals surface area contributed by atoms with E-state index >= 15 is 0 Å². The van der Waals surface area contributed by atoms with Crippen molar-refractivity contribution < 1.29 is 19.7 Å². The molecule has 0 amide bonds. The SMILES string of the molecule is COc1cc(C[NH+]2C[C@H](C)C[C@@H](C)C2)cc([N+](=O)[O-])c1[O-]. The van der Waals surface area contributed by atoms with Gasteiger partial charge in [-0.3, -0.25) is 10.1 Å². The summed E-state index contributed by atoms with van der Waals surface area (Å²) < 4.78 is 4.98. The van der Waals surface area contributed by atoms with Gasteiger partial charge in [0.1, 0.15) is 12.3 Å². The summed E-state index contributed by atoms with van der Waals surface area (Å²) in [4.78, 5) is 11.7. The smallest absolute Gasteiger partial charge is 0.265 e. The van der Waals surface area contributed by atoms with Gasteiger partial charge in [-0.2, -0.15) is 0 Å². The third-order valence-electron chi connectivity index (χ3n) is 4.04. The summed E-state index contributed by atoms with van der Waals surface area (Å²) in [5.41, 5.74) is 0.385. The van der Waals surface area contributed by atoms with Crippen LogP contribution in [0.4, 0.5) is 5.69 Å². The predicted octanol–water partition coefficient (Wildman–Crippen LogP) is 0.738. The third-order valence-corrected chi connectivity index (χ3v) is 4.04. The van der Waals surface area contributed by atoms with Gasteiger partial charge in [0.25, 0.3) is 5.69 Å². The Morgan fingerprint density at radius 1 is 1.33 bits per heavy atom. The molecule has 0 saturated carbocycles. The summed E-state index contributed by atoms with van der Waals surface area (Å²) in [5.74, 6) is 0.706. The van der Waals surface area contributed by atoms with Gasteiger partial charge in [-0.25, -0.2) is 0 Å². The molecule has 116 valence electrons. The van der Waals surface area contributed by atoms with Crippen LogP contribution >= 0.6 is 0 Å². The highest BCUT2D eigenvalue weighted by Crippen LogP contribution is 2.34. The minimum Gasteiger partial charge on any atom is -0.865 e. The first-order valence-corrected chi connectivity index (χ1v) is 7.26. The topological polar surface area (TPSA) is 79.9 Å². The summed E-state index contributed by atoms with van der Waals surface area (Å²) >= 11 is 0. The maximum absolute atomic E-state index is 11.8. The number of likely N-dealkylation sites (tertiary alicyclic amines) is 1. The second kappa shape index (κ2) is 6.30. The predicted molar refractivity (Wildman–Crippen MR) is 76.4 cm³/mol. The Balaban J connectivity index is 2.23. The fourth-order valence-corrected chi connectivity index (χ4v) is 3.39. The van der Waals surface area contributed by atoms with Crippen molar-refractivity contribution in [2.75, 3.05) is 20.2 Å². The fraction of sp³-hybridized carbons (Fsp3) is 0.600. The highest BCUT2D eigenvalue weighted by molar-refractivity contribution is 5.56. The van der Waals surface area contributed by atoms with Gasteiger partial charge < -0.3 is 14.7 Å². The molecule has 1 fully saturated rings. The van der Waals surface area contributed by atoms with Gasteiger partial charge in [-0.05, 0) is 12.5 Å². The number of methoxy groups -OCH3 is 1. The monoisotopic (exact) mass is 294 g/mol. The van der Waals surface area contributed by atoms with Crippen LogP contribution in [0.1, 0.15) is 25.8 Å². The van der Waals surface area contributed by atoms with Gasteiger partial charge >= 0.3 is 0 Å². The standard InChI is InChI=1S/C15H22N2O4/c1-10-4-11(2)8-16(7-10)9-12-5-13(17(19)20)15(18)14(6-12)21-3/h5-6,10-11,18H,4,7-9H2,1-3H3/t10-,11-/m1/s1. The number of benzene rings is 1. The van der Waals surface area contributed by atoms with Crippen molar-refractivity contribution in [3.8, 4) is 11.5 Å². The Hall–Kier alpha value is -1.82. The van der Waals surface area contributed by atoms with Crippen LogP contribution in [-0.2, 0) is 6.54 Å². The summed E-state index contributed by atoms with van der Waals surface area (Å²) in [6, 6.07) is 3.02. The number of ether oxygens (including phenoxy) is 1. The number of quaternary nitrogens is 1. The van der Waals surface area contributed by atoms with Crippen molar-refractivity contribution in [1.82, 2.24) is 0 Å². The van der Waals surface area contributed by atoms with E-state index in [4.69, 9.17) is 4.74 Å². The van der Waals surface area contributed by atoms with E-state index in [-0.39, 0.29) is 5.75 Å². The van der Waals surface area contributed by atoms with Crippen LogP contribution < -0.4 is 14.7 Å². The zero-order valence-electron chi connectivity index (χ0n) is 12.7. The molecule has 2 rings (SSSR count). The van der Waals surface area contributed by atoms with E-state index in [0.717, 1.165) is 18.7 Å². The number of hydrogen-bond donors (Lipinski definition) is 1. The van der Waals surface area contributed by atoms with Crippen molar-refractivity contribution >= 4 is 5.69 Å². The molecule has 0 aliphatic carbocycles. The first-order chi connectivity index (χ1) is 9.90. The molecule has 0 radical (unpaired) electrons. The molecule has 6 nitrogen and oxygen atoms in total. The van der Waals surface area contributed by atoms with Gasteiger partial charge in [-0.1, -0.05) is 13.8 Å². The van der Waals surface area contributed by atoms with Crippen LogP contribution in [-0.4, -0.2) is 25.1 Å². The van der Waals surface area contributed by atoms with E-state index in [1.807, 2.05) is 0 Å². The second-order valence-corrected chi connectivity index (χ2v) is 6.18.